The smallest absolute Gasteiger partial charge is 0.101 e. The SMILES string of the molecule is CC.C[N+](C)(C)CCO. The molecule has 9 heavy (non-hydrogen) atoms. The zero-order valence-corrected chi connectivity index (χ0v) is 7.31. The summed E-state index contributed by atoms with van der Waals surface area (Å²) in [5.41, 5.74) is 0. The lowest BCUT2D eigenvalue weighted by molar-refractivity contribution is -0.870. The zero-order chi connectivity index (χ0) is 7.91. The number of hydrogen-bond acceptors (Lipinski definition) is 1. The van der Waals surface area contributed by atoms with E-state index in [1.165, 1.54) is 0 Å². The first kappa shape index (κ1) is 11.7. The Kier molecular flexibility index (Phi) is 7.85. The van der Waals surface area contributed by atoms with E-state index in [2.05, 4.69) is 21.1 Å². The molecular formula is C7H20NO+. The molecule has 0 atom stereocenters. The minimum atomic E-state index is 0.281. The number of hydrogen-bond donors (Lipinski definition) is 1. The van der Waals surface area contributed by atoms with E-state index in [4.69, 9.17) is 5.11 Å². The van der Waals surface area contributed by atoms with Crippen LogP contribution in [0.4, 0.5) is 0 Å². The second-order valence-corrected chi connectivity index (χ2v) is 2.74. The fourth-order valence-corrected chi connectivity index (χ4v) is 0.300. The molecule has 0 saturated heterocycles. The van der Waals surface area contributed by atoms with Crippen LogP contribution in [-0.4, -0.2) is 43.9 Å². The van der Waals surface area contributed by atoms with Crippen LogP contribution in [-0.2, 0) is 0 Å². The minimum Gasteiger partial charge on any atom is -0.391 e. The maximum Gasteiger partial charge on any atom is 0.101 e. The van der Waals surface area contributed by atoms with E-state index in [0.717, 1.165) is 11.0 Å². The van der Waals surface area contributed by atoms with E-state index >= 15 is 0 Å². The molecule has 0 aromatic heterocycles. The van der Waals surface area contributed by atoms with Crippen molar-refractivity contribution in [1.82, 2.24) is 0 Å². The second-order valence-electron chi connectivity index (χ2n) is 2.74. The van der Waals surface area contributed by atoms with Gasteiger partial charge < -0.3 is 9.59 Å². The van der Waals surface area contributed by atoms with Gasteiger partial charge in [0, 0.05) is 0 Å². The Hall–Kier alpha value is -0.0800. The second kappa shape index (κ2) is 6.05. The lowest BCUT2D eigenvalue weighted by atomic mass is 10.5. The Balaban J connectivity index is 0. The average molecular weight is 134 g/mol. The number of likely N-dealkylation sites (N-methyl/N-ethyl adjacent to an activating group) is 1. The normalized spacial score (nSPS) is 10.0. The van der Waals surface area contributed by atoms with Crippen LogP contribution in [0.5, 0.6) is 0 Å². The van der Waals surface area contributed by atoms with Gasteiger partial charge in [-0.2, -0.15) is 0 Å². The molecule has 0 aliphatic carbocycles. The van der Waals surface area contributed by atoms with Gasteiger partial charge in [-0.1, -0.05) is 13.8 Å². The minimum absolute atomic E-state index is 0.281. The zero-order valence-electron chi connectivity index (χ0n) is 7.31. The lowest BCUT2D eigenvalue weighted by Gasteiger charge is -2.21. The summed E-state index contributed by atoms with van der Waals surface area (Å²) in [6.45, 7) is 5.11. The van der Waals surface area contributed by atoms with E-state index in [-0.39, 0.29) is 6.61 Å². The first-order valence-electron chi connectivity index (χ1n) is 3.47. The molecule has 0 rings (SSSR count). The van der Waals surface area contributed by atoms with Gasteiger partial charge in [0.15, 0.2) is 0 Å². The number of quaternary nitrogens is 1. The molecule has 0 aliphatic rings. The third kappa shape index (κ3) is 18.1. The van der Waals surface area contributed by atoms with Crippen molar-refractivity contribution >= 4 is 0 Å². The summed E-state index contributed by atoms with van der Waals surface area (Å²) < 4.78 is 0.844. The van der Waals surface area contributed by atoms with E-state index < -0.39 is 0 Å². The summed E-state index contributed by atoms with van der Waals surface area (Å²) in [4.78, 5) is 0. The molecule has 0 radical (unpaired) electrons. The van der Waals surface area contributed by atoms with Gasteiger partial charge >= 0.3 is 0 Å². The van der Waals surface area contributed by atoms with Gasteiger partial charge in [-0.15, -0.1) is 0 Å². The van der Waals surface area contributed by atoms with Crippen molar-refractivity contribution in [3.63, 3.8) is 0 Å². The van der Waals surface area contributed by atoms with Crippen LogP contribution >= 0.6 is 0 Å². The van der Waals surface area contributed by atoms with E-state index in [1.54, 1.807) is 0 Å². The number of aliphatic hydroxyl groups is 1. The molecule has 0 aliphatic heterocycles. The number of nitrogens with zero attached hydrogens (tertiary/aromatic N) is 1. The van der Waals surface area contributed by atoms with Crippen molar-refractivity contribution in [1.29, 1.82) is 0 Å². The number of aliphatic hydroxyl groups excluding tert-OH is 1. The molecule has 1 N–H and O–H groups in total. The Labute approximate surface area is 58.7 Å². The highest BCUT2D eigenvalue weighted by Gasteiger charge is 2.02. The average Bonchev–Trinajstić information content (AvgIpc) is 1.69. The summed E-state index contributed by atoms with van der Waals surface area (Å²) in [6.07, 6.45) is 0. The van der Waals surface area contributed by atoms with Crippen molar-refractivity contribution in [3.05, 3.63) is 0 Å². The van der Waals surface area contributed by atoms with Crippen LogP contribution in [0.2, 0.25) is 0 Å². The molecule has 0 heterocycles. The van der Waals surface area contributed by atoms with Gasteiger partial charge in [0.25, 0.3) is 0 Å². The molecule has 0 spiro atoms. The van der Waals surface area contributed by atoms with Gasteiger partial charge in [-0.05, 0) is 0 Å². The topological polar surface area (TPSA) is 20.2 Å². The predicted molar refractivity (Wildman–Crippen MR) is 41.3 cm³/mol. The number of rotatable bonds is 2. The van der Waals surface area contributed by atoms with E-state index in [9.17, 15) is 0 Å². The van der Waals surface area contributed by atoms with Crippen LogP contribution in [0.1, 0.15) is 13.8 Å². The van der Waals surface area contributed by atoms with E-state index in [0.29, 0.717) is 0 Å². The summed E-state index contributed by atoms with van der Waals surface area (Å²) in [7, 11) is 6.16. The van der Waals surface area contributed by atoms with Gasteiger partial charge in [0.2, 0.25) is 0 Å². The third-order valence-corrected chi connectivity index (χ3v) is 0.771. The van der Waals surface area contributed by atoms with Gasteiger partial charge in [0.1, 0.15) is 6.54 Å². The molecule has 0 saturated carbocycles. The highest BCUT2D eigenvalue weighted by Crippen LogP contribution is 1.84. The highest BCUT2D eigenvalue weighted by molar-refractivity contribution is 4.19. The first-order chi connectivity index (χ1) is 4.06. The van der Waals surface area contributed by atoms with Crippen molar-refractivity contribution in [2.45, 2.75) is 13.8 Å². The van der Waals surface area contributed by atoms with Crippen LogP contribution in [0, 0.1) is 0 Å². The molecule has 0 aromatic carbocycles. The van der Waals surface area contributed by atoms with Crippen LogP contribution < -0.4 is 0 Å². The van der Waals surface area contributed by atoms with Crippen molar-refractivity contribution in [2.24, 2.45) is 0 Å². The quantitative estimate of drug-likeness (QED) is 0.551. The molecular weight excluding hydrogens is 114 g/mol. The monoisotopic (exact) mass is 134 g/mol. The summed E-state index contributed by atoms with van der Waals surface area (Å²) >= 11 is 0. The molecule has 0 fully saturated rings. The predicted octanol–water partition coefficient (Wildman–Crippen LogP) is 0.711. The van der Waals surface area contributed by atoms with Gasteiger partial charge in [0.05, 0.1) is 27.7 Å². The maximum absolute atomic E-state index is 8.39. The van der Waals surface area contributed by atoms with Crippen LogP contribution in [0.3, 0.4) is 0 Å². The molecule has 0 aromatic rings. The summed E-state index contributed by atoms with van der Waals surface area (Å²) in [5, 5.41) is 8.39. The maximum atomic E-state index is 8.39. The standard InChI is InChI=1S/C5H14NO.C2H6/c1-6(2,3)4-5-7;1-2/h7H,4-5H2,1-3H3;1-2H3/q+1;. The Bertz CT molecular complexity index is 47.4. The molecule has 0 bridgehead atoms. The molecule has 0 amide bonds. The largest absolute Gasteiger partial charge is 0.391 e. The molecule has 58 valence electrons. The Morgan fingerprint density at radius 3 is 1.44 bits per heavy atom. The molecule has 2 nitrogen and oxygen atoms in total. The van der Waals surface area contributed by atoms with Crippen molar-refractivity contribution in [3.8, 4) is 0 Å². The molecule has 0 unspecified atom stereocenters. The van der Waals surface area contributed by atoms with Gasteiger partial charge in [-0.25, -0.2) is 0 Å². The lowest BCUT2D eigenvalue weighted by Crippen LogP contribution is -2.36. The first-order valence-corrected chi connectivity index (χ1v) is 3.47. The van der Waals surface area contributed by atoms with Gasteiger partial charge in [-0.3, -0.25) is 0 Å². The summed E-state index contributed by atoms with van der Waals surface area (Å²) in [5.74, 6) is 0. The molecule has 2 heteroatoms. The van der Waals surface area contributed by atoms with Crippen molar-refractivity contribution < 1.29 is 9.59 Å². The van der Waals surface area contributed by atoms with Crippen molar-refractivity contribution in [2.75, 3.05) is 34.3 Å². The summed E-state index contributed by atoms with van der Waals surface area (Å²) in [6, 6.07) is 0. The Morgan fingerprint density at radius 2 is 1.44 bits per heavy atom. The Morgan fingerprint density at radius 1 is 1.11 bits per heavy atom. The third-order valence-electron chi connectivity index (χ3n) is 0.771. The van der Waals surface area contributed by atoms with E-state index in [1.807, 2.05) is 13.8 Å². The fraction of sp³-hybridized carbons (Fsp3) is 1.00. The fourth-order valence-electron chi connectivity index (χ4n) is 0.300. The van der Waals surface area contributed by atoms with Crippen LogP contribution in [0.15, 0.2) is 0 Å². The van der Waals surface area contributed by atoms with Crippen LogP contribution in [0.25, 0.3) is 0 Å². The highest BCUT2D eigenvalue weighted by atomic mass is 16.3.